The topological polar surface area (TPSA) is 29.1 Å². The van der Waals surface area contributed by atoms with Crippen LogP contribution in [-0.2, 0) is 17.6 Å². The highest BCUT2D eigenvalue weighted by molar-refractivity contribution is 5.84. The molecule has 0 fully saturated rings. The molecule has 0 radical (unpaired) electrons. The Balaban J connectivity index is 2.17. The van der Waals surface area contributed by atoms with E-state index in [1.807, 2.05) is 13.8 Å². The summed E-state index contributed by atoms with van der Waals surface area (Å²) in [6, 6.07) is 17.1. The Morgan fingerprint density at radius 3 is 2.30 bits per heavy atom. The molecule has 0 aliphatic heterocycles. The zero-order valence-electron chi connectivity index (χ0n) is 14.4. The van der Waals surface area contributed by atoms with Crippen LogP contribution in [-0.4, -0.2) is 18.4 Å². The number of ketones is 1. The van der Waals surface area contributed by atoms with E-state index >= 15 is 0 Å². The maximum atomic E-state index is 12.0. The first-order chi connectivity index (χ1) is 11.2. The molecule has 0 aliphatic carbocycles. The second-order valence-electron chi connectivity index (χ2n) is 5.84. The Hall–Kier alpha value is -1.93. The molecule has 0 aliphatic rings. The Labute approximate surface area is 139 Å². The molecule has 0 aromatic heterocycles. The van der Waals surface area contributed by atoms with Gasteiger partial charge >= 0.3 is 0 Å². The molecule has 0 spiro atoms. The lowest BCUT2D eigenvalue weighted by molar-refractivity contribution is -0.120. The molecule has 23 heavy (non-hydrogen) atoms. The molecule has 1 N–H and O–H groups in total. The summed E-state index contributed by atoms with van der Waals surface area (Å²) in [5, 5.41) is 3.30. The van der Waals surface area contributed by atoms with Crippen LogP contribution in [0, 0.1) is 0 Å². The lowest BCUT2D eigenvalue weighted by Crippen LogP contribution is -2.38. The molecule has 1 atom stereocenters. The van der Waals surface area contributed by atoms with Gasteiger partial charge in [0.05, 0.1) is 6.04 Å². The van der Waals surface area contributed by atoms with E-state index in [1.165, 1.54) is 22.3 Å². The van der Waals surface area contributed by atoms with E-state index in [4.69, 9.17) is 0 Å². The summed E-state index contributed by atoms with van der Waals surface area (Å²) in [7, 11) is 0. The minimum Gasteiger partial charge on any atom is -0.307 e. The second-order valence-corrected chi connectivity index (χ2v) is 5.84. The zero-order chi connectivity index (χ0) is 16.7. The van der Waals surface area contributed by atoms with Crippen LogP contribution >= 0.6 is 0 Å². The fourth-order valence-electron chi connectivity index (χ4n) is 2.96. The first-order valence-corrected chi connectivity index (χ1v) is 8.62. The molecule has 2 aromatic carbocycles. The van der Waals surface area contributed by atoms with Gasteiger partial charge in [-0.15, -0.1) is 0 Å². The molecule has 2 heteroatoms. The predicted molar refractivity (Wildman–Crippen MR) is 97.7 cm³/mol. The van der Waals surface area contributed by atoms with Gasteiger partial charge in [0, 0.05) is 6.42 Å². The van der Waals surface area contributed by atoms with E-state index in [2.05, 4.69) is 60.8 Å². The van der Waals surface area contributed by atoms with Gasteiger partial charge in [-0.2, -0.15) is 0 Å². The Bertz CT molecular complexity index is 631. The highest BCUT2D eigenvalue weighted by atomic mass is 16.1. The number of aryl methyl sites for hydroxylation is 1. The molecule has 0 saturated heterocycles. The first kappa shape index (κ1) is 17.4. The number of benzene rings is 2. The fourth-order valence-corrected chi connectivity index (χ4v) is 2.96. The first-order valence-electron chi connectivity index (χ1n) is 8.62. The number of carbonyl (C=O) groups is 1. The SMILES string of the molecule is CCN[C@@H](Cc1ccc(-c2ccccc2CC)cc1)C(=O)CC. The van der Waals surface area contributed by atoms with E-state index in [0.29, 0.717) is 6.42 Å². The summed E-state index contributed by atoms with van der Waals surface area (Å²) in [6.45, 7) is 6.97. The quantitative estimate of drug-likeness (QED) is 0.782. The summed E-state index contributed by atoms with van der Waals surface area (Å²) >= 11 is 0. The average Bonchev–Trinajstić information content (AvgIpc) is 2.61. The Morgan fingerprint density at radius 2 is 1.70 bits per heavy atom. The molecular weight excluding hydrogens is 282 g/mol. The fraction of sp³-hybridized carbons (Fsp3) is 0.381. The van der Waals surface area contributed by atoms with E-state index in [9.17, 15) is 4.79 Å². The molecule has 122 valence electrons. The van der Waals surface area contributed by atoms with Crippen molar-refractivity contribution in [3.63, 3.8) is 0 Å². The van der Waals surface area contributed by atoms with E-state index in [1.54, 1.807) is 0 Å². The summed E-state index contributed by atoms with van der Waals surface area (Å²) in [5.41, 5.74) is 5.12. The van der Waals surface area contributed by atoms with Crippen molar-refractivity contribution in [2.75, 3.05) is 6.54 Å². The number of hydrogen-bond donors (Lipinski definition) is 1. The van der Waals surface area contributed by atoms with Crippen molar-refractivity contribution in [3.05, 3.63) is 59.7 Å². The van der Waals surface area contributed by atoms with Gasteiger partial charge in [-0.25, -0.2) is 0 Å². The van der Waals surface area contributed by atoms with Gasteiger partial charge in [0.15, 0.2) is 0 Å². The van der Waals surface area contributed by atoms with Crippen molar-refractivity contribution < 1.29 is 4.79 Å². The maximum absolute atomic E-state index is 12.0. The monoisotopic (exact) mass is 309 g/mol. The van der Waals surface area contributed by atoms with Crippen LogP contribution in [0.3, 0.4) is 0 Å². The van der Waals surface area contributed by atoms with E-state index < -0.39 is 0 Å². The molecule has 0 amide bonds. The van der Waals surface area contributed by atoms with Crippen molar-refractivity contribution in [2.45, 2.75) is 46.1 Å². The molecular formula is C21H27NO. The zero-order valence-corrected chi connectivity index (χ0v) is 14.4. The maximum Gasteiger partial charge on any atom is 0.149 e. The average molecular weight is 309 g/mol. The number of likely N-dealkylation sites (N-methyl/N-ethyl adjacent to an activating group) is 1. The predicted octanol–water partition coefficient (Wildman–Crippen LogP) is 4.42. The van der Waals surface area contributed by atoms with Crippen LogP contribution in [0.5, 0.6) is 0 Å². The van der Waals surface area contributed by atoms with Crippen LogP contribution < -0.4 is 5.32 Å². The summed E-state index contributed by atoms with van der Waals surface area (Å²) in [4.78, 5) is 12.0. The molecule has 2 rings (SSSR count). The van der Waals surface area contributed by atoms with E-state index in [0.717, 1.165) is 19.4 Å². The highest BCUT2D eigenvalue weighted by Crippen LogP contribution is 2.24. The van der Waals surface area contributed by atoms with Gasteiger partial charge in [-0.3, -0.25) is 4.79 Å². The van der Waals surface area contributed by atoms with Gasteiger partial charge in [0.25, 0.3) is 0 Å². The molecule has 0 heterocycles. The smallest absolute Gasteiger partial charge is 0.149 e. The number of hydrogen-bond acceptors (Lipinski definition) is 2. The third-order valence-corrected chi connectivity index (χ3v) is 4.29. The second kappa shape index (κ2) is 8.64. The molecule has 0 unspecified atom stereocenters. The number of nitrogens with one attached hydrogen (secondary N) is 1. The Morgan fingerprint density at radius 1 is 1.00 bits per heavy atom. The van der Waals surface area contributed by atoms with Crippen molar-refractivity contribution >= 4 is 5.78 Å². The molecule has 0 bridgehead atoms. The van der Waals surface area contributed by atoms with Gasteiger partial charge in [0.2, 0.25) is 0 Å². The number of carbonyl (C=O) groups excluding carboxylic acids is 1. The molecule has 2 nitrogen and oxygen atoms in total. The van der Waals surface area contributed by atoms with Crippen LogP contribution in [0.2, 0.25) is 0 Å². The normalized spacial score (nSPS) is 12.1. The van der Waals surface area contributed by atoms with Crippen LogP contribution in [0.4, 0.5) is 0 Å². The number of Topliss-reactive ketones (excluding diaryl/α,β-unsaturated/α-hetero) is 1. The van der Waals surface area contributed by atoms with Crippen LogP contribution in [0.25, 0.3) is 11.1 Å². The summed E-state index contributed by atoms with van der Waals surface area (Å²) in [5.74, 6) is 0.284. The van der Waals surface area contributed by atoms with Crippen LogP contribution in [0.15, 0.2) is 48.5 Å². The van der Waals surface area contributed by atoms with Crippen molar-refractivity contribution in [1.29, 1.82) is 0 Å². The van der Waals surface area contributed by atoms with Gasteiger partial charge in [-0.05, 0) is 41.6 Å². The van der Waals surface area contributed by atoms with E-state index in [-0.39, 0.29) is 11.8 Å². The molecule has 2 aromatic rings. The molecule has 0 saturated carbocycles. The third kappa shape index (κ3) is 4.52. The lowest BCUT2D eigenvalue weighted by Gasteiger charge is -2.16. The number of rotatable bonds is 8. The van der Waals surface area contributed by atoms with Crippen LogP contribution in [0.1, 0.15) is 38.3 Å². The van der Waals surface area contributed by atoms with Crippen molar-refractivity contribution in [3.8, 4) is 11.1 Å². The lowest BCUT2D eigenvalue weighted by atomic mass is 9.95. The standard InChI is InChI=1S/C21H27NO/c1-4-17-9-7-8-10-19(17)18-13-11-16(12-14-18)15-20(22-6-3)21(23)5-2/h7-14,20,22H,4-6,15H2,1-3H3/t20-/m0/s1. The minimum atomic E-state index is -0.0706. The van der Waals surface area contributed by atoms with Crippen molar-refractivity contribution in [2.24, 2.45) is 0 Å². The van der Waals surface area contributed by atoms with Gasteiger partial charge < -0.3 is 5.32 Å². The highest BCUT2D eigenvalue weighted by Gasteiger charge is 2.15. The Kier molecular flexibility index (Phi) is 6.54. The van der Waals surface area contributed by atoms with Gasteiger partial charge in [0.1, 0.15) is 5.78 Å². The minimum absolute atomic E-state index is 0.0706. The summed E-state index contributed by atoms with van der Waals surface area (Å²) in [6.07, 6.45) is 2.38. The summed E-state index contributed by atoms with van der Waals surface area (Å²) < 4.78 is 0. The third-order valence-electron chi connectivity index (χ3n) is 4.29. The van der Waals surface area contributed by atoms with Crippen molar-refractivity contribution in [1.82, 2.24) is 5.32 Å². The van der Waals surface area contributed by atoms with Gasteiger partial charge in [-0.1, -0.05) is 69.3 Å². The largest absolute Gasteiger partial charge is 0.307 e.